The summed E-state index contributed by atoms with van der Waals surface area (Å²) < 4.78 is 5.97. The van der Waals surface area contributed by atoms with Crippen molar-refractivity contribution >= 4 is 17.2 Å². The maximum Gasteiger partial charge on any atom is 0.249 e. The van der Waals surface area contributed by atoms with Crippen LogP contribution in [0.2, 0.25) is 0 Å². The van der Waals surface area contributed by atoms with Gasteiger partial charge in [0.2, 0.25) is 5.91 Å². The van der Waals surface area contributed by atoms with Gasteiger partial charge in [0.05, 0.1) is 12.6 Å². The first kappa shape index (κ1) is 17.4. The van der Waals surface area contributed by atoms with Gasteiger partial charge in [-0.15, -0.1) is 0 Å². The van der Waals surface area contributed by atoms with E-state index in [9.17, 15) is 9.90 Å². The summed E-state index contributed by atoms with van der Waals surface area (Å²) in [6.45, 7) is 3.88. The molecule has 0 saturated heterocycles. The van der Waals surface area contributed by atoms with Crippen LogP contribution < -0.4 is 5.32 Å². The van der Waals surface area contributed by atoms with E-state index in [1.54, 1.807) is 6.92 Å². The molecule has 1 saturated carbocycles. The lowest BCUT2D eigenvalue weighted by atomic mass is 9.97. The second-order valence-electron chi connectivity index (χ2n) is 6.30. The molecular weight excluding hydrogens is 298 g/mol. The van der Waals surface area contributed by atoms with E-state index in [0.29, 0.717) is 6.42 Å². The summed E-state index contributed by atoms with van der Waals surface area (Å²) in [6, 6.07) is 1.88. The number of hydrogen-bond acceptors (Lipinski definition) is 4. The minimum absolute atomic E-state index is 0.122. The minimum atomic E-state index is -1.04. The summed E-state index contributed by atoms with van der Waals surface area (Å²) in [5, 5.41) is 17.1. The molecule has 1 fully saturated rings. The van der Waals surface area contributed by atoms with E-state index in [0.717, 1.165) is 18.4 Å². The molecule has 1 aliphatic carbocycles. The van der Waals surface area contributed by atoms with E-state index < -0.39 is 11.7 Å². The number of rotatable bonds is 7. The predicted molar refractivity (Wildman–Crippen MR) is 88.9 cm³/mol. The van der Waals surface area contributed by atoms with E-state index >= 15 is 0 Å². The number of carbonyl (C=O) groups excluding carboxylic acids is 1. The third kappa shape index (κ3) is 4.80. The molecule has 0 bridgehead atoms. The molecule has 2 unspecified atom stereocenters. The molecule has 5 heteroatoms. The Balaban J connectivity index is 1.83. The monoisotopic (exact) mass is 325 g/mol. The fourth-order valence-electron chi connectivity index (χ4n) is 2.82. The molecule has 1 aromatic heterocycles. The van der Waals surface area contributed by atoms with Crippen molar-refractivity contribution in [2.75, 3.05) is 6.54 Å². The number of carbonyl (C=O) groups is 1. The lowest BCUT2D eigenvalue weighted by Gasteiger charge is -2.28. The largest absolute Gasteiger partial charge is 0.384 e. The van der Waals surface area contributed by atoms with Gasteiger partial charge in [-0.2, -0.15) is 11.3 Å². The van der Waals surface area contributed by atoms with Crippen molar-refractivity contribution in [3.63, 3.8) is 0 Å². The number of nitrogens with one attached hydrogen (secondary N) is 1. The molecule has 0 spiro atoms. The highest BCUT2D eigenvalue weighted by Gasteiger charge is 2.27. The highest BCUT2D eigenvalue weighted by Crippen LogP contribution is 2.23. The van der Waals surface area contributed by atoms with Gasteiger partial charge in [0.15, 0.2) is 0 Å². The number of amides is 1. The van der Waals surface area contributed by atoms with Crippen molar-refractivity contribution in [2.45, 2.75) is 70.2 Å². The number of aliphatic hydroxyl groups is 1. The molecule has 124 valence electrons. The van der Waals surface area contributed by atoms with Crippen LogP contribution in [-0.2, 0) is 15.1 Å². The molecule has 1 aromatic rings. The van der Waals surface area contributed by atoms with Gasteiger partial charge in [-0.25, -0.2) is 0 Å². The molecule has 2 rings (SSSR count). The number of thiophene rings is 1. The summed E-state index contributed by atoms with van der Waals surface area (Å²) in [5.41, 5.74) is -0.210. The van der Waals surface area contributed by atoms with Crippen molar-refractivity contribution in [3.05, 3.63) is 22.4 Å². The summed E-state index contributed by atoms with van der Waals surface area (Å²) in [6.07, 6.45) is 6.20. The number of hydrogen-bond donors (Lipinski definition) is 2. The van der Waals surface area contributed by atoms with Crippen molar-refractivity contribution in [1.29, 1.82) is 0 Å². The molecule has 1 aliphatic rings. The zero-order chi connectivity index (χ0) is 16.0. The maximum atomic E-state index is 12.3. The first-order valence-electron chi connectivity index (χ1n) is 8.21. The van der Waals surface area contributed by atoms with Crippen LogP contribution in [-0.4, -0.2) is 29.8 Å². The highest BCUT2D eigenvalue weighted by atomic mass is 32.1. The zero-order valence-corrected chi connectivity index (χ0v) is 14.3. The van der Waals surface area contributed by atoms with Crippen LogP contribution in [0.5, 0.6) is 0 Å². The normalized spacial score (nSPS) is 20.3. The van der Waals surface area contributed by atoms with Crippen LogP contribution in [0.25, 0.3) is 0 Å². The van der Waals surface area contributed by atoms with Crippen molar-refractivity contribution in [3.8, 4) is 0 Å². The molecule has 4 nitrogen and oxygen atoms in total. The Morgan fingerprint density at radius 3 is 2.82 bits per heavy atom. The molecule has 1 amide bonds. The van der Waals surface area contributed by atoms with Crippen LogP contribution in [0, 0.1) is 0 Å². The van der Waals surface area contributed by atoms with Crippen molar-refractivity contribution in [1.82, 2.24) is 5.32 Å². The average molecular weight is 325 g/mol. The summed E-state index contributed by atoms with van der Waals surface area (Å²) in [5.74, 6) is -0.122. The van der Waals surface area contributed by atoms with Gasteiger partial charge in [0.1, 0.15) is 11.7 Å². The standard InChI is InChI=1S/C17H27NO3S/c1-3-15(21-14-7-5-4-6-8-14)16(19)18-12-17(2,20)13-9-10-22-11-13/h9-11,14-15,20H,3-8,12H2,1-2H3,(H,18,19). The van der Waals surface area contributed by atoms with Crippen LogP contribution in [0.15, 0.2) is 16.8 Å². The smallest absolute Gasteiger partial charge is 0.249 e. The Morgan fingerprint density at radius 2 is 2.23 bits per heavy atom. The third-order valence-electron chi connectivity index (χ3n) is 4.32. The van der Waals surface area contributed by atoms with Gasteiger partial charge < -0.3 is 15.2 Å². The van der Waals surface area contributed by atoms with Crippen molar-refractivity contribution in [2.24, 2.45) is 0 Å². The Morgan fingerprint density at radius 1 is 1.50 bits per heavy atom. The Bertz CT molecular complexity index is 452. The van der Waals surface area contributed by atoms with Crippen molar-refractivity contribution < 1.29 is 14.6 Å². The maximum absolute atomic E-state index is 12.3. The van der Waals surface area contributed by atoms with Gasteiger partial charge in [0, 0.05) is 0 Å². The third-order valence-corrected chi connectivity index (χ3v) is 5.01. The van der Waals surface area contributed by atoms with Gasteiger partial charge in [0.25, 0.3) is 0 Å². The SMILES string of the molecule is CCC(OC1CCCCC1)C(=O)NCC(C)(O)c1ccsc1. The molecule has 0 aromatic carbocycles. The first-order valence-corrected chi connectivity index (χ1v) is 9.15. The average Bonchev–Trinajstić information content (AvgIpc) is 3.07. The lowest BCUT2D eigenvalue weighted by Crippen LogP contribution is -2.44. The summed E-state index contributed by atoms with van der Waals surface area (Å²) in [7, 11) is 0. The molecule has 22 heavy (non-hydrogen) atoms. The molecular formula is C17H27NO3S. The van der Waals surface area contributed by atoms with Gasteiger partial charge >= 0.3 is 0 Å². The quantitative estimate of drug-likeness (QED) is 0.809. The Kier molecular flexibility index (Phi) is 6.41. The molecule has 2 atom stereocenters. The summed E-state index contributed by atoms with van der Waals surface area (Å²) in [4.78, 5) is 12.3. The van der Waals surface area contributed by atoms with Crippen LogP contribution in [0.4, 0.5) is 0 Å². The topological polar surface area (TPSA) is 58.6 Å². The van der Waals surface area contributed by atoms with E-state index in [-0.39, 0.29) is 18.6 Å². The van der Waals surface area contributed by atoms with Gasteiger partial charge in [-0.1, -0.05) is 26.2 Å². The zero-order valence-electron chi connectivity index (χ0n) is 13.5. The van der Waals surface area contributed by atoms with Gasteiger partial charge in [-0.3, -0.25) is 4.79 Å². The van der Waals surface area contributed by atoms with E-state index in [2.05, 4.69) is 5.32 Å². The molecule has 0 aliphatic heterocycles. The lowest BCUT2D eigenvalue weighted by molar-refractivity contribution is -0.139. The number of ether oxygens (including phenoxy) is 1. The highest BCUT2D eigenvalue weighted by molar-refractivity contribution is 7.08. The second kappa shape index (κ2) is 8.09. The molecule has 1 heterocycles. The summed E-state index contributed by atoms with van der Waals surface area (Å²) >= 11 is 1.54. The van der Waals surface area contributed by atoms with Crippen LogP contribution >= 0.6 is 11.3 Å². The Hall–Kier alpha value is -0.910. The second-order valence-corrected chi connectivity index (χ2v) is 7.08. The fourth-order valence-corrected chi connectivity index (χ4v) is 3.61. The Labute approximate surface area is 136 Å². The fraction of sp³-hybridized carbons (Fsp3) is 0.706. The van der Waals surface area contributed by atoms with E-state index in [1.165, 1.54) is 30.6 Å². The van der Waals surface area contributed by atoms with Gasteiger partial charge in [-0.05, 0) is 48.6 Å². The minimum Gasteiger partial charge on any atom is -0.384 e. The van der Waals surface area contributed by atoms with Crippen LogP contribution in [0.3, 0.4) is 0 Å². The van der Waals surface area contributed by atoms with Crippen LogP contribution in [0.1, 0.15) is 57.9 Å². The predicted octanol–water partition coefficient (Wildman–Crippen LogP) is 3.20. The molecule has 0 radical (unpaired) electrons. The van der Waals surface area contributed by atoms with E-state index in [4.69, 9.17) is 4.74 Å². The van der Waals surface area contributed by atoms with E-state index in [1.807, 2.05) is 23.8 Å². The molecule has 2 N–H and O–H groups in total. The first-order chi connectivity index (χ1) is 10.5.